The van der Waals surface area contributed by atoms with Crippen LogP contribution < -0.4 is 5.73 Å². The van der Waals surface area contributed by atoms with Crippen molar-refractivity contribution in [3.05, 3.63) is 20.8 Å². The van der Waals surface area contributed by atoms with Gasteiger partial charge in [0.1, 0.15) is 4.88 Å². The number of halogens is 1. The second-order valence-corrected chi connectivity index (χ2v) is 7.17. The molecule has 1 saturated carbocycles. The summed E-state index contributed by atoms with van der Waals surface area (Å²) in [5, 5.41) is 1.95. The molecule has 1 amide bonds. The molecule has 3 rings (SSSR count). The molecule has 0 spiro atoms. The van der Waals surface area contributed by atoms with Crippen molar-refractivity contribution >= 4 is 33.2 Å². The van der Waals surface area contributed by atoms with Gasteiger partial charge < -0.3 is 10.6 Å². The van der Waals surface area contributed by atoms with Crippen molar-refractivity contribution in [3.8, 4) is 0 Å². The van der Waals surface area contributed by atoms with Gasteiger partial charge in [-0.25, -0.2) is 0 Å². The predicted molar refractivity (Wildman–Crippen MR) is 76.7 cm³/mol. The molecule has 1 aromatic rings. The Labute approximate surface area is 119 Å². The fourth-order valence-corrected chi connectivity index (χ4v) is 4.73. The van der Waals surface area contributed by atoms with Gasteiger partial charge in [0.15, 0.2) is 0 Å². The van der Waals surface area contributed by atoms with E-state index in [0.717, 1.165) is 35.3 Å². The number of amides is 1. The van der Waals surface area contributed by atoms with Gasteiger partial charge in [-0.15, -0.1) is 11.3 Å². The molecule has 98 valence electrons. The Bertz CT molecular complexity index is 462. The van der Waals surface area contributed by atoms with Crippen molar-refractivity contribution < 1.29 is 4.79 Å². The van der Waals surface area contributed by atoms with Crippen LogP contribution in [0.15, 0.2) is 15.9 Å². The molecule has 0 bridgehead atoms. The molecule has 2 N–H and O–H groups in total. The van der Waals surface area contributed by atoms with Crippen molar-refractivity contribution in [2.45, 2.75) is 25.3 Å². The van der Waals surface area contributed by atoms with E-state index in [1.54, 1.807) is 0 Å². The molecule has 5 heteroatoms. The molecule has 0 aromatic carbocycles. The fourth-order valence-electron chi connectivity index (χ4n) is 3.22. The molecule has 1 unspecified atom stereocenters. The summed E-state index contributed by atoms with van der Waals surface area (Å²) in [7, 11) is 0. The quantitative estimate of drug-likeness (QED) is 0.861. The summed E-state index contributed by atoms with van der Waals surface area (Å²) < 4.78 is 0.920. The zero-order chi connectivity index (χ0) is 12.7. The lowest BCUT2D eigenvalue weighted by molar-refractivity contribution is 0.0788. The molecule has 18 heavy (non-hydrogen) atoms. The van der Waals surface area contributed by atoms with E-state index in [4.69, 9.17) is 5.73 Å². The van der Waals surface area contributed by atoms with Crippen LogP contribution in [0.4, 0.5) is 0 Å². The highest BCUT2D eigenvalue weighted by molar-refractivity contribution is 9.10. The number of rotatable bonds is 1. The third-order valence-corrected chi connectivity index (χ3v) is 6.01. The van der Waals surface area contributed by atoms with Gasteiger partial charge in [0.2, 0.25) is 0 Å². The zero-order valence-electron chi connectivity index (χ0n) is 10.1. The standard InChI is InChI=1S/C13H17BrN2OS/c14-11-3-4-18-12(11)13(17)16-6-8-1-2-10(15)5-9(8)7-16/h3-4,8-10H,1-2,5-7,15H2/t8-,9+,10?/m1/s1. The van der Waals surface area contributed by atoms with Crippen LogP contribution in [0.5, 0.6) is 0 Å². The Morgan fingerprint density at radius 1 is 1.39 bits per heavy atom. The third kappa shape index (κ3) is 2.24. The normalized spacial score (nSPS) is 31.4. The lowest BCUT2D eigenvalue weighted by Gasteiger charge is -2.27. The third-order valence-electron chi connectivity index (χ3n) is 4.19. The first kappa shape index (κ1) is 12.6. The molecule has 3 atom stereocenters. The van der Waals surface area contributed by atoms with Gasteiger partial charge in [0.25, 0.3) is 5.91 Å². The first-order chi connectivity index (χ1) is 8.65. The summed E-state index contributed by atoms with van der Waals surface area (Å²) >= 11 is 4.96. The smallest absolute Gasteiger partial charge is 0.265 e. The van der Waals surface area contributed by atoms with Gasteiger partial charge in [-0.1, -0.05) is 0 Å². The molecule has 0 radical (unpaired) electrons. The van der Waals surface area contributed by atoms with Gasteiger partial charge in [-0.2, -0.15) is 0 Å². The monoisotopic (exact) mass is 328 g/mol. The van der Waals surface area contributed by atoms with Crippen LogP contribution in [-0.4, -0.2) is 29.9 Å². The fraction of sp³-hybridized carbons (Fsp3) is 0.615. The highest BCUT2D eigenvalue weighted by Crippen LogP contribution is 2.37. The Morgan fingerprint density at radius 2 is 2.17 bits per heavy atom. The van der Waals surface area contributed by atoms with Gasteiger partial charge in [0, 0.05) is 23.6 Å². The second kappa shape index (κ2) is 4.94. The van der Waals surface area contributed by atoms with Gasteiger partial charge in [-0.3, -0.25) is 4.79 Å². The van der Waals surface area contributed by atoms with Crippen LogP contribution in [0, 0.1) is 11.8 Å². The molecular formula is C13H17BrN2OS. The molecule has 1 aliphatic carbocycles. The highest BCUT2D eigenvalue weighted by atomic mass is 79.9. The van der Waals surface area contributed by atoms with Crippen LogP contribution in [0.3, 0.4) is 0 Å². The summed E-state index contributed by atoms with van der Waals surface area (Å²) in [6, 6.07) is 2.28. The molecule has 1 saturated heterocycles. The number of fused-ring (bicyclic) bond motifs is 1. The molecule has 1 aliphatic heterocycles. The number of nitrogens with zero attached hydrogens (tertiary/aromatic N) is 1. The van der Waals surface area contributed by atoms with Crippen LogP contribution in [-0.2, 0) is 0 Å². The number of hydrogen-bond acceptors (Lipinski definition) is 3. The minimum Gasteiger partial charge on any atom is -0.337 e. The van der Waals surface area contributed by atoms with E-state index in [0.29, 0.717) is 17.9 Å². The lowest BCUT2D eigenvalue weighted by atomic mass is 9.79. The number of carbonyl (C=O) groups is 1. The van der Waals surface area contributed by atoms with E-state index >= 15 is 0 Å². The van der Waals surface area contributed by atoms with Crippen LogP contribution in [0.25, 0.3) is 0 Å². The Kier molecular flexibility index (Phi) is 3.47. The molecule has 1 aromatic heterocycles. The first-order valence-electron chi connectivity index (χ1n) is 6.43. The van der Waals surface area contributed by atoms with Crippen LogP contribution in [0.2, 0.25) is 0 Å². The second-order valence-electron chi connectivity index (χ2n) is 5.40. The summed E-state index contributed by atoms with van der Waals surface area (Å²) in [5.41, 5.74) is 6.02. The summed E-state index contributed by atoms with van der Waals surface area (Å²) in [4.78, 5) is 15.3. The maximum absolute atomic E-state index is 12.4. The number of thiophene rings is 1. The highest BCUT2D eigenvalue weighted by Gasteiger charge is 2.39. The van der Waals surface area contributed by atoms with E-state index in [1.165, 1.54) is 17.8 Å². The van der Waals surface area contributed by atoms with Crippen LogP contribution in [0.1, 0.15) is 28.9 Å². The first-order valence-corrected chi connectivity index (χ1v) is 8.10. The molecule has 2 fully saturated rings. The van der Waals surface area contributed by atoms with Crippen molar-refractivity contribution in [1.29, 1.82) is 0 Å². The van der Waals surface area contributed by atoms with Gasteiger partial charge in [0.05, 0.1) is 0 Å². The molecule has 2 aliphatic rings. The van der Waals surface area contributed by atoms with E-state index in [9.17, 15) is 4.79 Å². The van der Waals surface area contributed by atoms with Crippen molar-refractivity contribution in [1.82, 2.24) is 4.90 Å². The minimum atomic E-state index is 0.180. The molecule has 3 nitrogen and oxygen atoms in total. The maximum atomic E-state index is 12.4. The molecular weight excluding hydrogens is 312 g/mol. The zero-order valence-corrected chi connectivity index (χ0v) is 12.5. The lowest BCUT2D eigenvalue weighted by Crippen LogP contribution is -2.32. The average molecular weight is 329 g/mol. The SMILES string of the molecule is NC1CC[C@@H]2CN(C(=O)c3sccc3Br)C[C@@H]2C1. The van der Waals surface area contributed by atoms with Crippen LogP contribution >= 0.6 is 27.3 Å². The summed E-state index contributed by atoms with van der Waals surface area (Å²) in [6.45, 7) is 1.81. The number of carbonyl (C=O) groups excluding carboxylic acids is 1. The topological polar surface area (TPSA) is 46.3 Å². The maximum Gasteiger partial charge on any atom is 0.265 e. The van der Waals surface area contributed by atoms with E-state index < -0.39 is 0 Å². The summed E-state index contributed by atoms with van der Waals surface area (Å²) in [6.07, 6.45) is 3.38. The Balaban J connectivity index is 1.72. The predicted octanol–water partition coefficient (Wildman–Crippen LogP) is 2.71. The Hall–Kier alpha value is -0.390. The minimum absolute atomic E-state index is 0.180. The average Bonchev–Trinajstić information content (AvgIpc) is 2.93. The molecule has 2 heterocycles. The van der Waals surface area contributed by atoms with Crippen molar-refractivity contribution in [2.24, 2.45) is 17.6 Å². The summed E-state index contributed by atoms with van der Waals surface area (Å²) in [5.74, 6) is 1.48. The van der Waals surface area contributed by atoms with Crippen molar-refractivity contribution in [3.63, 3.8) is 0 Å². The van der Waals surface area contributed by atoms with Crippen molar-refractivity contribution in [2.75, 3.05) is 13.1 Å². The van der Waals surface area contributed by atoms with Gasteiger partial charge in [-0.05, 0) is 58.5 Å². The largest absolute Gasteiger partial charge is 0.337 e. The van der Waals surface area contributed by atoms with Gasteiger partial charge >= 0.3 is 0 Å². The number of nitrogens with two attached hydrogens (primary N) is 1. The number of likely N-dealkylation sites (tertiary alicyclic amines) is 1. The van der Waals surface area contributed by atoms with E-state index in [-0.39, 0.29) is 5.91 Å². The Morgan fingerprint density at radius 3 is 2.89 bits per heavy atom. The number of hydrogen-bond donors (Lipinski definition) is 1. The van der Waals surface area contributed by atoms with E-state index in [1.807, 2.05) is 16.3 Å². The van der Waals surface area contributed by atoms with E-state index in [2.05, 4.69) is 15.9 Å².